The summed E-state index contributed by atoms with van der Waals surface area (Å²) in [6, 6.07) is 67.3. The summed E-state index contributed by atoms with van der Waals surface area (Å²) in [6.45, 7) is 0. The molecule has 0 N–H and O–H groups in total. The van der Waals surface area contributed by atoms with Crippen molar-refractivity contribution >= 4 is 64.6 Å². The fraction of sp³-hybridized carbons (Fsp3) is 0. The molecular formula is C48H30. The van der Waals surface area contributed by atoms with Crippen molar-refractivity contribution in [3.63, 3.8) is 0 Å². The molecular weight excluding hydrogens is 577 g/mol. The van der Waals surface area contributed by atoms with E-state index in [9.17, 15) is 0 Å². The zero-order chi connectivity index (χ0) is 31.6. The molecule has 0 atom stereocenters. The molecule has 0 heterocycles. The highest BCUT2D eigenvalue weighted by molar-refractivity contribution is 6.24. The maximum Gasteiger partial charge on any atom is -0.00259 e. The van der Waals surface area contributed by atoms with E-state index in [1.165, 1.54) is 98.0 Å². The molecule has 0 aliphatic rings. The Morgan fingerprint density at radius 1 is 0.188 bits per heavy atom. The Bertz CT molecular complexity index is 2890. The topological polar surface area (TPSA) is 0 Å². The minimum atomic E-state index is 1.23. The lowest BCUT2D eigenvalue weighted by Gasteiger charge is -2.19. The van der Waals surface area contributed by atoms with Gasteiger partial charge < -0.3 is 0 Å². The van der Waals surface area contributed by atoms with E-state index < -0.39 is 0 Å². The lowest BCUT2D eigenvalue weighted by atomic mass is 9.84. The Hall–Kier alpha value is -6.24. The van der Waals surface area contributed by atoms with Crippen molar-refractivity contribution in [2.24, 2.45) is 0 Å². The minimum Gasteiger partial charge on any atom is -0.0616 e. The molecule has 222 valence electrons. The second kappa shape index (κ2) is 10.7. The second-order valence-electron chi connectivity index (χ2n) is 12.9. The maximum atomic E-state index is 2.44. The van der Waals surface area contributed by atoms with Crippen LogP contribution in [0.15, 0.2) is 182 Å². The van der Waals surface area contributed by atoms with Gasteiger partial charge in [0.2, 0.25) is 0 Å². The van der Waals surface area contributed by atoms with Gasteiger partial charge in [0.25, 0.3) is 0 Å². The number of rotatable bonds is 3. The Morgan fingerprint density at radius 2 is 0.500 bits per heavy atom. The van der Waals surface area contributed by atoms with Gasteiger partial charge in [-0.2, -0.15) is 0 Å². The Morgan fingerprint density at radius 3 is 0.979 bits per heavy atom. The van der Waals surface area contributed by atoms with Gasteiger partial charge >= 0.3 is 0 Å². The molecule has 0 fully saturated rings. The molecule has 0 spiro atoms. The van der Waals surface area contributed by atoms with Gasteiger partial charge in [-0.1, -0.05) is 146 Å². The molecule has 0 aromatic heterocycles. The molecule has 10 rings (SSSR count). The molecule has 0 nitrogen and oxygen atoms in total. The average molecular weight is 607 g/mol. The third-order valence-corrected chi connectivity index (χ3v) is 10.1. The van der Waals surface area contributed by atoms with Crippen LogP contribution in [0.4, 0.5) is 0 Å². The summed E-state index contributed by atoms with van der Waals surface area (Å²) in [5.41, 5.74) is 7.53. The quantitative estimate of drug-likeness (QED) is 0.176. The van der Waals surface area contributed by atoms with Gasteiger partial charge in [-0.15, -0.1) is 0 Å². The summed E-state index contributed by atoms with van der Waals surface area (Å²) in [6.07, 6.45) is 0. The number of benzene rings is 10. The third kappa shape index (κ3) is 4.31. The van der Waals surface area contributed by atoms with Crippen LogP contribution in [-0.2, 0) is 0 Å². The molecule has 10 aromatic carbocycles. The molecule has 10 aromatic rings. The van der Waals surface area contributed by atoms with E-state index >= 15 is 0 Å². The lowest BCUT2D eigenvalue weighted by molar-refractivity contribution is 1.67. The van der Waals surface area contributed by atoms with E-state index in [4.69, 9.17) is 0 Å². The van der Waals surface area contributed by atoms with Crippen molar-refractivity contribution in [2.75, 3.05) is 0 Å². The smallest absolute Gasteiger partial charge is 0.00259 e. The van der Waals surface area contributed by atoms with Crippen LogP contribution >= 0.6 is 0 Å². The number of hydrogen-bond donors (Lipinski definition) is 0. The van der Waals surface area contributed by atoms with Crippen LogP contribution in [0.5, 0.6) is 0 Å². The predicted octanol–water partition coefficient (Wildman–Crippen LogP) is 13.6. The summed E-state index contributed by atoms with van der Waals surface area (Å²) >= 11 is 0. The average Bonchev–Trinajstić information content (AvgIpc) is 3.15. The fourth-order valence-corrected chi connectivity index (χ4v) is 7.78. The molecule has 0 aliphatic heterocycles. The Labute approximate surface area is 279 Å². The second-order valence-corrected chi connectivity index (χ2v) is 12.9. The van der Waals surface area contributed by atoms with Gasteiger partial charge in [0.1, 0.15) is 0 Å². The number of hydrogen-bond acceptors (Lipinski definition) is 0. The third-order valence-electron chi connectivity index (χ3n) is 10.1. The molecule has 0 amide bonds. The van der Waals surface area contributed by atoms with Crippen molar-refractivity contribution in [1.82, 2.24) is 0 Å². The molecule has 0 radical (unpaired) electrons. The molecule has 0 heteroatoms. The highest BCUT2D eigenvalue weighted by atomic mass is 14.2. The predicted molar refractivity (Wildman–Crippen MR) is 208 cm³/mol. The van der Waals surface area contributed by atoms with Crippen LogP contribution in [0.2, 0.25) is 0 Å². The highest BCUT2D eigenvalue weighted by Gasteiger charge is 2.18. The number of fused-ring (bicyclic) bond motifs is 6. The zero-order valence-corrected chi connectivity index (χ0v) is 26.3. The maximum absolute atomic E-state index is 2.44. The van der Waals surface area contributed by atoms with E-state index in [0.717, 1.165) is 0 Å². The van der Waals surface area contributed by atoms with Crippen LogP contribution < -0.4 is 0 Å². The molecule has 0 bridgehead atoms. The van der Waals surface area contributed by atoms with Crippen molar-refractivity contribution in [3.05, 3.63) is 182 Å². The molecule has 48 heavy (non-hydrogen) atoms. The van der Waals surface area contributed by atoms with Crippen molar-refractivity contribution < 1.29 is 0 Å². The summed E-state index contributed by atoms with van der Waals surface area (Å²) in [5.74, 6) is 0. The normalized spacial score (nSPS) is 11.8. The van der Waals surface area contributed by atoms with Crippen LogP contribution in [0, 0.1) is 0 Å². The van der Waals surface area contributed by atoms with Crippen molar-refractivity contribution in [3.8, 4) is 33.4 Å². The van der Waals surface area contributed by atoms with Gasteiger partial charge in [0.05, 0.1) is 0 Å². The largest absolute Gasteiger partial charge is 0.0616 e. The van der Waals surface area contributed by atoms with Gasteiger partial charge in [-0.25, -0.2) is 0 Å². The summed E-state index contributed by atoms with van der Waals surface area (Å²) < 4.78 is 0. The van der Waals surface area contributed by atoms with E-state index in [0.29, 0.717) is 0 Å². The van der Waals surface area contributed by atoms with Crippen LogP contribution in [0.25, 0.3) is 98.0 Å². The minimum absolute atomic E-state index is 1.23. The molecule has 0 saturated carbocycles. The van der Waals surface area contributed by atoms with E-state index in [-0.39, 0.29) is 0 Å². The van der Waals surface area contributed by atoms with Crippen LogP contribution in [0.3, 0.4) is 0 Å². The van der Waals surface area contributed by atoms with Crippen LogP contribution in [0.1, 0.15) is 0 Å². The first-order valence-electron chi connectivity index (χ1n) is 16.7. The summed E-state index contributed by atoms with van der Waals surface area (Å²) in [7, 11) is 0. The first-order valence-corrected chi connectivity index (χ1v) is 16.7. The van der Waals surface area contributed by atoms with Crippen LogP contribution in [-0.4, -0.2) is 0 Å². The highest BCUT2D eigenvalue weighted by Crippen LogP contribution is 2.46. The first-order chi connectivity index (χ1) is 23.8. The fourth-order valence-electron chi connectivity index (χ4n) is 7.78. The first kappa shape index (κ1) is 26.9. The molecule has 0 saturated heterocycles. The monoisotopic (exact) mass is 606 g/mol. The lowest BCUT2D eigenvalue weighted by Crippen LogP contribution is -1.92. The van der Waals surface area contributed by atoms with Crippen molar-refractivity contribution in [1.29, 1.82) is 0 Å². The van der Waals surface area contributed by atoms with E-state index in [2.05, 4.69) is 182 Å². The Kier molecular flexibility index (Phi) is 5.98. The molecule has 0 unspecified atom stereocenters. The van der Waals surface area contributed by atoms with Gasteiger partial charge in [-0.3, -0.25) is 0 Å². The summed E-state index contributed by atoms with van der Waals surface area (Å²) in [5, 5.41) is 15.1. The van der Waals surface area contributed by atoms with Gasteiger partial charge in [-0.05, 0) is 134 Å². The van der Waals surface area contributed by atoms with E-state index in [1.807, 2.05) is 0 Å². The van der Waals surface area contributed by atoms with Gasteiger partial charge in [0.15, 0.2) is 0 Å². The zero-order valence-electron chi connectivity index (χ0n) is 26.3. The SMILES string of the molecule is c1ccc2cc(-c3ccc4cc5c(-c6ccc7ccccc7c6)c6ccccc6c(-c6ccc7ccccc7c6)c5cc4c3)ccc2c1. The standard InChI is InChI=1S/C48H30/c1-4-12-34-25-37(20-17-31(34)9-1)38-21-22-39-29-45-46(30-42(39)28-38)48(41-24-19-33-11-3-6-14-36(33)27-41)44-16-8-7-15-43(44)47(45)40-23-18-32-10-2-5-13-35(32)26-40/h1-30H. The van der Waals surface area contributed by atoms with E-state index in [1.54, 1.807) is 0 Å². The summed E-state index contributed by atoms with van der Waals surface area (Å²) in [4.78, 5) is 0. The molecule has 0 aliphatic carbocycles. The van der Waals surface area contributed by atoms with Crippen molar-refractivity contribution in [2.45, 2.75) is 0 Å². The Balaban J connectivity index is 1.30. The van der Waals surface area contributed by atoms with Gasteiger partial charge in [0, 0.05) is 0 Å².